The van der Waals surface area contributed by atoms with Gasteiger partial charge in [-0.15, -0.1) is 0 Å². The summed E-state index contributed by atoms with van der Waals surface area (Å²) in [5.74, 6) is 0. The summed E-state index contributed by atoms with van der Waals surface area (Å²) >= 11 is 0. The summed E-state index contributed by atoms with van der Waals surface area (Å²) < 4.78 is 10.8. The molecule has 2 N–H and O–H groups in total. The van der Waals surface area contributed by atoms with Crippen LogP contribution in [0.1, 0.15) is 31.4 Å². The molecule has 2 aromatic rings. The minimum Gasteiger partial charge on any atom is -0.379 e. The van der Waals surface area contributed by atoms with Gasteiger partial charge in [-0.1, -0.05) is 18.0 Å². The van der Waals surface area contributed by atoms with Gasteiger partial charge in [0.2, 0.25) is 0 Å². The predicted molar refractivity (Wildman–Crippen MR) is 94.5 cm³/mol. The molecule has 1 aliphatic carbocycles. The fourth-order valence-electron chi connectivity index (χ4n) is 3.57. The van der Waals surface area contributed by atoms with Crippen molar-refractivity contribution in [2.45, 2.75) is 38.3 Å². The van der Waals surface area contributed by atoms with Crippen molar-refractivity contribution in [3.05, 3.63) is 23.9 Å². The Bertz CT molecular complexity index is 733. The zero-order valence-electron chi connectivity index (χ0n) is 14.3. The maximum absolute atomic E-state index is 12.2. The smallest absolute Gasteiger partial charge is 0.319 e. The normalized spacial score (nSPS) is 19.4. The summed E-state index contributed by atoms with van der Waals surface area (Å²) in [5.41, 5.74) is 2.40. The predicted octanol–water partition coefficient (Wildman–Crippen LogP) is 2.72. The average molecular weight is 344 g/mol. The SMILES string of the molecule is O=C(Nc1ccc2onc(CN3CCOCC3)c2c1)NC1CCCC1. The molecule has 0 radical (unpaired) electrons. The van der Waals surface area contributed by atoms with Gasteiger partial charge < -0.3 is 19.9 Å². The number of rotatable bonds is 4. The van der Waals surface area contributed by atoms with Crippen molar-refractivity contribution < 1.29 is 14.1 Å². The molecule has 2 heterocycles. The third-order valence-corrected chi connectivity index (χ3v) is 4.97. The summed E-state index contributed by atoms with van der Waals surface area (Å²) in [7, 11) is 0. The first-order chi connectivity index (χ1) is 12.3. The fraction of sp³-hybridized carbons (Fsp3) is 0.556. The van der Waals surface area contributed by atoms with Crippen molar-refractivity contribution in [2.24, 2.45) is 0 Å². The first kappa shape index (κ1) is 16.4. The molecule has 0 spiro atoms. The molecule has 134 valence electrons. The van der Waals surface area contributed by atoms with Gasteiger partial charge in [0.15, 0.2) is 5.58 Å². The number of urea groups is 1. The largest absolute Gasteiger partial charge is 0.379 e. The summed E-state index contributed by atoms with van der Waals surface area (Å²) in [5, 5.41) is 11.1. The molecule has 25 heavy (non-hydrogen) atoms. The Morgan fingerprint density at radius 1 is 1.24 bits per heavy atom. The van der Waals surface area contributed by atoms with Gasteiger partial charge in [0.05, 0.1) is 13.2 Å². The van der Waals surface area contributed by atoms with Crippen LogP contribution in [-0.2, 0) is 11.3 Å². The first-order valence-electron chi connectivity index (χ1n) is 9.04. The average Bonchev–Trinajstić information content (AvgIpc) is 3.26. The lowest BCUT2D eigenvalue weighted by atomic mass is 10.2. The quantitative estimate of drug-likeness (QED) is 0.891. The highest BCUT2D eigenvalue weighted by molar-refractivity contribution is 5.93. The van der Waals surface area contributed by atoms with Gasteiger partial charge in [0, 0.05) is 36.7 Å². The zero-order valence-corrected chi connectivity index (χ0v) is 14.3. The summed E-state index contributed by atoms with van der Waals surface area (Å²) in [6.07, 6.45) is 4.54. The maximum atomic E-state index is 12.2. The van der Waals surface area contributed by atoms with E-state index in [1.807, 2.05) is 18.2 Å². The van der Waals surface area contributed by atoms with Crippen LogP contribution >= 0.6 is 0 Å². The molecule has 0 bridgehead atoms. The molecule has 4 rings (SSSR count). The third-order valence-electron chi connectivity index (χ3n) is 4.97. The van der Waals surface area contributed by atoms with Gasteiger partial charge in [-0.25, -0.2) is 4.79 Å². The highest BCUT2D eigenvalue weighted by Crippen LogP contribution is 2.24. The molecule has 7 heteroatoms. The molecule has 2 fully saturated rings. The zero-order chi connectivity index (χ0) is 17.1. The molecule has 7 nitrogen and oxygen atoms in total. The van der Waals surface area contributed by atoms with Gasteiger partial charge >= 0.3 is 6.03 Å². The van der Waals surface area contributed by atoms with Crippen LogP contribution in [0.3, 0.4) is 0 Å². The van der Waals surface area contributed by atoms with Gasteiger partial charge in [-0.05, 0) is 31.0 Å². The number of morpholine rings is 1. The van der Waals surface area contributed by atoms with Crippen molar-refractivity contribution in [3.63, 3.8) is 0 Å². The number of carbonyl (C=O) groups is 1. The van der Waals surface area contributed by atoms with Crippen molar-refractivity contribution >= 4 is 22.7 Å². The number of carbonyl (C=O) groups excluding carboxylic acids is 1. The standard InChI is InChI=1S/C18H24N4O3/c23-18(19-13-3-1-2-4-13)20-14-5-6-17-15(11-14)16(21-25-17)12-22-7-9-24-10-8-22/h5-6,11,13H,1-4,7-10,12H2,(H2,19,20,23). The fourth-order valence-corrected chi connectivity index (χ4v) is 3.57. The Labute approximate surface area is 146 Å². The molecule has 1 aliphatic heterocycles. The molecule has 1 saturated carbocycles. The number of fused-ring (bicyclic) bond motifs is 1. The van der Waals surface area contributed by atoms with Crippen LogP contribution in [0.2, 0.25) is 0 Å². The van der Waals surface area contributed by atoms with Crippen LogP contribution in [0.15, 0.2) is 22.7 Å². The number of amides is 2. The number of nitrogens with one attached hydrogen (secondary N) is 2. The minimum atomic E-state index is -0.141. The second kappa shape index (κ2) is 7.41. The van der Waals surface area contributed by atoms with E-state index in [2.05, 4.69) is 20.7 Å². The lowest BCUT2D eigenvalue weighted by Crippen LogP contribution is -2.36. The molecule has 0 atom stereocenters. The lowest BCUT2D eigenvalue weighted by Gasteiger charge is -2.25. The molecular formula is C18H24N4O3. The summed E-state index contributed by atoms with van der Waals surface area (Å²) in [6, 6.07) is 5.81. The number of aromatic nitrogens is 1. The van der Waals surface area contributed by atoms with E-state index in [9.17, 15) is 4.79 Å². The van der Waals surface area contributed by atoms with Crippen LogP contribution in [0.25, 0.3) is 11.0 Å². The molecule has 1 saturated heterocycles. The Balaban J connectivity index is 1.44. The van der Waals surface area contributed by atoms with E-state index in [1.54, 1.807) is 0 Å². The van der Waals surface area contributed by atoms with Crippen molar-refractivity contribution in [1.29, 1.82) is 0 Å². The number of nitrogens with zero attached hydrogens (tertiary/aromatic N) is 2. The van der Waals surface area contributed by atoms with Crippen molar-refractivity contribution in [2.75, 3.05) is 31.6 Å². The highest BCUT2D eigenvalue weighted by Gasteiger charge is 2.18. The van der Waals surface area contributed by atoms with Gasteiger partial charge in [-0.3, -0.25) is 4.90 Å². The van der Waals surface area contributed by atoms with E-state index in [1.165, 1.54) is 12.8 Å². The number of benzene rings is 1. The van der Waals surface area contributed by atoms with E-state index in [4.69, 9.17) is 9.26 Å². The Hall–Kier alpha value is -2.12. The molecule has 1 aromatic carbocycles. The van der Waals surface area contributed by atoms with Crippen LogP contribution in [0.5, 0.6) is 0 Å². The van der Waals surface area contributed by atoms with E-state index in [-0.39, 0.29) is 6.03 Å². The number of hydrogen-bond acceptors (Lipinski definition) is 5. The Kier molecular flexibility index (Phi) is 4.85. The Morgan fingerprint density at radius 3 is 2.84 bits per heavy atom. The first-order valence-corrected chi connectivity index (χ1v) is 9.04. The number of ether oxygens (including phenoxy) is 1. The molecule has 2 aliphatic rings. The van der Waals surface area contributed by atoms with E-state index >= 15 is 0 Å². The van der Waals surface area contributed by atoms with Gasteiger partial charge in [0.1, 0.15) is 5.69 Å². The van der Waals surface area contributed by atoms with Crippen molar-refractivity contribution in [1.82, 2.24) is 15.4 Å². The molecule has 2 amide bonds. The Morgan fingerprint density at radius 2 is 2.04 bits per heavy atom. The second-order valence-corrected chi connectivity index (χ2v) is 6.81. The van der Waals surface area contributed by atoms with E-state index in [0.717, 1.165) is 68.0 Å². The van der Waals surface area contributed by atoms with E-state index in [0.29, 0.717) is 6.04 Å². The molecule has 1 aromatic heterocycles. The minimum absolute atomic E-state index is 0.141. The van der Waals surface area contributed by atoms with Crippen LogP contribution < -0.4 is 10.6 Å². The van der Waals surface area contributed by atoms with Crippen LogP contribution in [0.4, 0.5) is 10.5 Å². The topological polar surface area (TPSA) is 79.6 Å². The monoisotopic (exact) mass is 344 g/mol. The summed E-state index contributed by atoms with van der Waals surface area (Å²) in [6.45, 7) is 4.04. The lowest BCUT2D eigenvalue weighted by molar-refractivity contribution is 0.0334. The summed E-state index contributed by atoms with van der Waals surface area (Å²) in [4.78, 5) is 14.5. The van der Waals surface area contributed by atoms with Crippen LogP contribution in [0, 0.1) is 0 Å². The van der Waals surface area contributed by atoms with Gasteiger partial charge in [0.25, 0.3) is 0 Å². The highest BCUT2D eigenvalue weighted by atomic mass is 16.5. The van der Waals surface area contributed by atoms with Crippen molar-refractivity contribution in [3.8, 4) is 0 Å². The third kappa shape index (κ3) is 3.93. The van der Waals surface area contributed by atoms with Gasteiger partial charge in [-0.2, -0.15) is 0 Å². The van der Waals surface area contributed by atoms with E-state index < -0.39 is 0 Å². The molecular weight excluding hydrogens is 320 g/mol. The number of hydrogen-bond donors (Lipinski definition) is 2. The number of anilines is 1. The second-order valence-electron chi connectivity index (χ2n) is 6.81. The molecule has 0 unspecified atom stereocenters. The maximum Gasteiger partial charge on any atom is 0.319 e. The van der Waals surface area contributed by atoms with Crippen LogP contribution in [-0.4, -0.2) is 48.4 Å².